The first-order chi connectivity index (χ1) is 20.9. The van der Waals surface area contributed by atoms with Gasteiger partial charge in [0.1, 0.15) is 18.1 Å². The lowest BCUT2D eigenvalue weighted by molar-refractivity contribution is -0.123. The highest BCUT2D eigenvalue weighted by molar-refractivity contribution is 8.00. The molecule has 4 aromatic rings. The molecule has 8 rings (SSSR count). The Morgan fingerprint density at radius 3 is 2.35 bits per heavy atom. The first kappa shape index (κ1) is 26.8. The molecular formula is C34H30N2O5S2. The second-order valence-electron chi connectivity index (χ2n) is 12.0. The first-order valence-corrected chi connectivity index (χ1v) is 16.3. The number of rotatable bonds is 6. The summed E-state index contributed by atoms with van der Waals surface area (Å²) in [6.07, 6.45) is 0.860. The molecule has 1 saturated heterocycles. The van der Waals surface area contributed by atoms with Gasteiger partial charge in [0.15, 0.2) is 0 Å². The van der Waals surface area contributed by atoms with E-state index in [1.54, 1.807) is 43.1 Å². The molecule has 7 nitrogen and oxygen atoms in total. The SMILES string of the molecule is COc1ccc(N2C(=O)C3C(C2=O)[C@@H]2C[C@H]3C3Sc4[nH]c(=O)sc4C(c4ccc(OCc5cccc(C)c5)cc4)C32)cc1. The average molecular weight is 611 g/mol. The number of imide groups is 1. The summed E-state index contributed by atoms with van der Waals surface area (Å²) in [5, 5.41) is 1.06. The predicted molar refractivity (Wildman–Crippen MR) is 166 cm³/mol. The molecule has 2 aliphatic carbocycles. The number of hydrogen-bond acceptors (Lipinski definition) is 7. The van der Waals surface area contributed by atoms with Crippen molar-refractivity contribution in [1.29, 1.82) is 0 Å². The van der Waals surface area contributed by atoms with E-state index in [-0.39, 0.29) is 57.4 Å². The minimum absolute atomic E-state index is 0.0232. The van der Waals surface area contributed by atoms with Gasteiger partial charge in [0.05, 0.1) is 29.7 Å². The minimum Gasteiger partial charge on any atom is -0.497 e. The number of aromatic amines is 1. The smallest absolute Gasteiger partial charge is 0.305 e. The molecular weight excluding hydrogens is 581 g/mol. The number of anilines is 1. The summed E-state index contributed by atoms with van der Waals surface area (Å²) < 4.78 is 11.4. The molecule has 5 unspecified atom stereocenters. The van der Waals surface area contributed by atoms with Crippen LogP contribution in [0.25, 0.3) is 0 Å². The highest BCUT2D eigenvalue weighted by Gasteiger charge is 2.69. The van der Waals surface area contributed by atoms with Gasteiger partial charge in [-0.25, -0.2) is 0 Å². The number of fused-ring (bicyclic) bond motifs is 9. The molecule has 0 radical (unpaired) electrons. The number of nitrogens with one attached hydrogen (secondary N) is 1. The highest BCUT2D eigenvalue weighted by atomic mass is 32.2. The van der Waals surface area contributed by atoms with Crippen molar-refractivity contribution in [3.05, 3.63) is 104 Å². The molecule has 218 valence electrons. The van der Waals surface area contributed by atoms with Crippen LogP contribution >= 0.6 is 23.1 Å². The van der Waals surface area contributed by atoms with E-state index in [9.17, 15) is 14.4 Å². The Balaban J connectivity index is 1.11. The van der Waals surface area contributed by atoms with Gasteiger partial charge in [-0.15, -0.1) is 11.8 Å². The normalized spacial score (nSPS) is 28.5. The third-order valence-corrected chi connectivity index (χ3v) is 12.4. The van der Waals surface area contributed by atoms with E-state index in [1.807, 2.05) is 18.2 Å². The number of aromatic nitrogens is 1. The maximum atomic E-state index is 14.0. The summed E-state index contributed by atoms with van der Waals surface area (Å²) in [4.78, 5) is 45.8. The van der Waals surface area contributed by atoms with Gasteiger partial charge in [0.25, 0.3) is 0 Å². The summed E-state index contributed by atoms with van der Waals surface area (Å²) in [5.41, 5.74) is 4.03. The topological polar surface area (TPSA) is 88.7 Å². The molecule has 2 amide bonds. The van der Waals surface area contributed by atoms with Gasteiger partial charge in [0, 0.05) is 16.0 Å². The minimum atomic E-state index is -0.335. The molecule has 3 fully saturated rings. The Kier molecular flexibility index (Phi) is 6.31. The zero-order valence-electron chi connectivity index (χ0n) is 23.7. The van der Waals surface area contributed by atoms with Crippen LogP contribution in [0.3, 0.4) is 0 Å². The predicted octanol–water partition coefficient (Wildman–Crippen LogP) is 6.01. The fourth-order valence-electron chi connectivity index (χ4n) is 8.12. The summed E-state index contributed by atoms with van der Waals surface area (Å²) in [5.74, 6) is 0.906. The number of nitrogens with zero attached hydrogens (tertiary/aromatic N) is 1. The third-order valence-electron chi connectivity index (χ3n) is 9.78. The van der Waals surface area contributed by atoms with Crippen molar-refractivity contribution in [3.8, 4) is 11.5 Å². The van der Waals surface area contributed by atoms with Gasteiger partial charge >= 0.3 is 4.87 Å². The number of benzene rings is 3. The Morgan fingerprint density at radius 2 is 1.63 bits per heavy atom. The molecule has 2 aliphatic heterocycles. The van der Waals surface area contributed by atoms with Gasteiger partial charge < -0.3 is 14.5 Å². The molecule has 0 spiro atoms. The van der Waals surface area contributed by atoms with E-state index < -0.39 is 0 Å². The Morgan fingerprint density at radius 1 is 0.907 bits per heavy atom. The number of H-pyrrole nitrogens is 1. The fraction of sp³-hybridized carbons (Fsp3) is 0.324. The molecule has 2 saturated carbocycles. The number of amides is 2. The van der Waals surface area contributed by atoms with Crippen LogP contribution in [-0.4, -0.2) is 29.2 Å². The standard InChI is InChI=1S/C34H30N2O5S2/c1-17-4-3-5-18(14-17)16-41-22-10-6-19(7-11-22)25-26-23-15-24(29(26)42-31-30(25)43-34(39)35-31)28-27(23)32(37)36(33(28)38)20-8-12-21(40-2)13-9-20/h3-14,23-29H,15-16H2,1-2H3,(H,35,39)/t23-,24-,25?,26?,27?,28?,29?/m1/s1. The lowest BCUT2D eigenvalue weighted by atomic mass is 9.68. The number of carbonyl (C=O) groups is 2. The van der Waals surface area contributed by atoms with Gasteiger partial charge in [-0.05, 0) is 78.6 Å². The van der Waals surface area contributed by atoms with Crippen molar-refractivity contribution in [2.45, 2.75) is 36.1 Å². The number of ether oxygens (including phenoxy) is 2. The number of aryl methyl sites for hydroxylation is 1. The van der Waals surface area contributed by atoms with Gasteiger partial charge in [0.2, 0.25) is 11.8 Å². The van der Waals surface area contributed by atoms with Crippen molar-refractivity contribution in [2.75, 3.05) is 12.0 Å². The highest BCUT2D eigenvalue weighted by Crippen LogP contribution is 2.68. The molecule has 1 aromatic heterocycles. The van der Waals surface area contributed by atoms with E-state index in [4.69, 9.17) is 9.47 Å². The molecule has 7 atom stereocenters. The largest absolute Gasteiger partial charge is 0.497 e. The van der Waals surface area contributed by atoms with Crippen molar-refractivity contribution < 1.29 is 19.1 Å². The Bertz CT molecular complexity index is 1800. The van der Waals surface area contributed by atoms with E-state index in [2.05, 4.69) is 42.2 Å². The monoisotopic (exact) mass is 610 g/mol. The number of thiazole rings is 1. The molecule has 3 heterocycles. The molecule has 2 bridgehead atoms. The molecule has 9 heteroatoms. The third kappa shape index (κ3) is 4.19. The molecule has 4 aliphatic rings. The second-order valence-corrected chi connectivity index (χ2v) is 14.2. The van der Waals surface area contributed by atoms with E-state index in [1.165, 1.54) is 21.8 Å². The summed E-state index contributed by atoms with van der Waals surface area (Å²) in [6, 6.07) is 23.6. The Hall–Kier alpha value is -3.82. The van der Waals surface area contributed by atoms with Crippen molar-refractivity contribution in [2.24, 2.45) is 29.6 Å². The van der Waals surface area contributed by atoms with Crippen molar-refractivity contribution in [1.82, 2.24) is 4.98 Å². The fourth-order valence-corrected chi connectivity index (χ4v) is 11.0. The first-order valence-electron chi connectivity index (χ1n) is 14.6. The molecule has 3 aromatic carbocycles. The van der Waals surface area contributed by atoms with Crippen LogP contribution in [0.4, 0.5) is 5.69 Å². The lowest BCUT2D eigenvalue weighted by Gasteiger charge is -2.43. The number of thioether (sulfide) groups is 1. The molecule has 43 heavy (non-hydrogen) atoms. The van der Waals surface area contributed by atoms with Gasteiger partial charge in [-0.1, -0.05) is 53.3 Å². The zero-order chi connectivity index (χ0) is 29.4. The van der Waals surface area contributed by atoms with Gasteiger partial charge in [-0.3, -0.25) is 19.3 Å². The maximum absolute atomic E-state index is 14.0. The van der Waals surface area contributed by atoms with Crippen molar-refractivity contribution >= 4 is 40.6 Å². The van der Waals surface area contributed by atoms with Crippen LogP contribution in [0.2, 0.25) is 0 Å². The van der Waals surface area contributed by atoms with E-state index in [0.717, 1.165) is 33.2 Å². The second kappa shape index (κ2) is 10.1. The van der Waals surface area contributed by atoms with Crippen LogP contribution in [0.1, 0.15) is 33.9 Å². The Labute approximate surface area is 257 Å². The summed E-state index contributed by atoms with van der Waals surface area (Å²) in [6.45, 7) is 2.56. The quantitative estimate of drug-likeness (QED) is 0.269. The van der Waals surface area contributed by atoms with Crippen LogP contribution in [0.5, 0.6) is 11.5 Å². The summed E-state index contributed by atoms with van der Waals surface area (Å²) >= 11 is 2.98. The van der Waals surface area contributed by atoms with E-state index >= 15 is 0 Å². The lowest BCUT2D eigenvalue weighted by Crippen LogP contribution is -2.42. The van der Waals surface area contributed by atoms with Crippen LogP contribution in [0, 0.1) is 36.5 Å². The zero-order valence-corrected chi connectivity index (χ0v) is 25.3. The summed E-state index contributed by atoms with van der Waals surface area (Å²) in [7, 11) is 1.59. The van der Waals surface area contributed by atoms with Gasteiger partial charge in [-0.2, -0.15) is 0 Å². The van der Waals surface area contributed by atoms with Crippen LogP contribution in [-0.2, 0) is 16.2 Å². The maximum Gasteiger partial charge on any atom is 0.305 e. The van der Waals surface area contributed by atoms with Crippen LogP contribution in [0.15, 0.2) is 82.6 Å². The number of methoxy groups -OCH3 is 1. The number of carbonyl (C=O) groups excluding carboxylic acids is 2. The van der Waals surface area contributed by atoms with E-state index in [0.29, 0.717) is 18.0 Å². The van der Waals surface area contributed by atoms with Crippen molar-refractivity contribution in [3.63, 3.8) is 0 Å². The average Bonchev–Trinajstić information content (AvgIpc) is 3.75. The van der Waals surface area contributed by atoms with Crippen LogP contribution < -0.4 is 19.2 Å². The number of hydrogen-bond donors (Lipinski definition) is 1. The molecule has 1 N–H and O–H groups in total.